The molecule has 2 N–H and O–H groups in total. The van der Waals surface area contributed by atoms with Gasteiger partial charge in [0.05, 0.1) is 19.2 Å². The topological polar surface area (TPSA) is 93.7 Å². The molecule has 0 aliphatic carbocycles. The molecule has 9 heteroatoms. The van der Waals surface area contributed by atoms with E-state index in [1.165, 1.54) is 20.1 Å². The van der Waals surface area contributed by atoms with E-state index in [2.05, 4.69) is 10.6 Å². The quantitative estimate of drug-likeness (QED) is 0.661. The van der Waals surface area contributed by atoms with Gasteiger partial charge in [-0.15, -0.1) is 0 Å². The Morgan fingerprint density at radius 1 is 1.04 bits per heavy atom. The summed E-state index contributed by atoms with van der Waals surface area (Å²) in [5.41, 5.74) is 1.24. The van der Waals surface area contributed by atoms with Crippen LogP contribution in [-0.2, 0) is 25.5 Å². The Hall–Kier alpha value is -2.77. The smallest absolute Gasteiger partial charge is 0.310 e. The first-order valence-corrected chi connectivity index (χ1v) is 8.89. The van der Waals surface area contributed by atoms with Crippen molar-refractivity contribution in [3.05, 3.63) is 52.0 Å². The van der Waals surface area contributed by atoms with E-state index in [1.54, 1.807) is 30.3 Å². The zero-order valence-corrected chi connectivity index (χ0v) is 16.7. The molecule has 2 amide bonds. The summed E-state index contributed by atoms with van der Waals surface area (Å²) in [5.74, 6) is -1.09. The minimum absolute atomic E-state index is 0.160. The van der Waals surface area contributed by atoms with E-state index in [0.29, 0.717) is 32.7 Å². The Labute approximate surface area is 171 Å². The number of rotatable bonds is 7. The maximum atomic E-state index is 12.1. The molecule has 7 nitrogen and oxygen atoms in total. The van der Waals surface area contributed by atoms with Crippen LogP contribution >= 0.6 is 23.2 Å². The largest absolute Gasteiger partial charge is 0.495 e. The maximum absolute atomic E-state index is 12.1. The fourth-order valence-corrected chi connectivity index (χ4v) is 2.85. The van der Waals surface area contributed by atoms with Gasteiger partial charge in [0.15, 0.2) is 6.61 Å². The molecule has 0 aliphatic heterocycles. The minimum Gasteiger partial charge on any atom is -0.495 e. The minimum atomic E-state index is -0.649. The van der Waals surface area contributed by atoms with Gasteiger partial charge in [-0.25, -0.2) is 0 Å². The fraction of sp³-hybridized carbons (Fsp3) is 0.211. The highest BCUT2D eigenvalue weighted by Crippen LogP contribution is 2.28. The van der Waals surface area contributed by atoms with Crippen LogP contribution in [0.5, 0.6) is 5.75 Å². The Kier molecular flexibility index (Phi) is 7.66. The lowest BCUT2D eigenvalue weighted by Crippen LogP contribution is -2.22. The summed E-state index contributed by atoms with van der Waals surface area (Å²) in [6.45, 7) is 0.863. The Morgan fingerprint density at radius 3 is 2.32 bits per heavy atom. The van der Waals surface area contributed by atoms with Gasteiger partial charge in [0.2, 0.25) is 5.91 Å². The molecule has 2 rings (SSSR count). The van der Waals surface area contributed by atoms with E-state index in [9.17, 15) is 14.4 Å². The van der Waals surface area contributed by atoms with Crippen molar-refractivity contribution < 1.29 is 23.9 Å². The summed E-state index contributed by atoms with van der Waals surface area (Å²) < 4.78 is 10.2. The summed E-state index contributed by atoms with van der Waals surface area (Å²) in [6.07, 6.45) is -0.160. The van der Waals surface area contributed by atoms with Crippen LogP contribution < -0.4 is 15.4 Å². The van der Waals surface area contributed by atoms with Crippen molar-refractivity contribution in [2.45, 2.75) is 13.3 Å². The molecule has 148 valence electrons. The average Bonchev–Trinajstić information content (AvgIpc) is 2.63. The number of carbonyl (C=O) groups excluding carboxylic acids is 3. The molecule has 0 bridgehead atoms. The number of methoxy groups -OCH3 is 1. The summed E-state index contributed by atoms with van der Waals surface area (Å²) >= 11 is 12.0. The monoisotopic (exact) mass is 424 g/mol. The van der Waals surface area contributed by atoms with Crippen molar-refractivity contribution in [2.24, 2.45) is 0 Å². The number of anilines is 2. The van der Waals surface area contributed by atoms with E-state index < -0.39 is 18.5 Å². The van der Waals surface area contributed by atoms with E-state index in [1.807, 2.05) is 0 Å². The third-order valence-electron chi connectivity index (χ3n) is 3.54. The summed E-state index contributed by atoms with van der Waals surface area (Å²) in [7, 11) is 1.44. The van der Waals surface area contributed by atoms with Gasteiger partial charge in [-0.1, -0.05) is 29.3 Å². The molecule has 28 heavy (non-hydrogen) atoms. The van der Waals surface area contributed by atoms with Gasteiger partial charge in [0.25, 0.3) is 5.91 Å². The first-order chi connectivity index (χ1) is 13.3. The molecule has 0 aromatic heterocycles. The second kappa shape index (κ2) is 9.96. The molecule has 2 aromatic rings. The van der Waals surface area contributed by atoms with Gasteiger partial charge in [-0.2, -0.15) is 0 Å². The highest BCUT2D eigenvalue weighted by molar-refractivity contribution is 6.36. The van der Waals surface area contributed by atoms with Crippen LogP contribution in [0.3, 0.4) is 0 Å². The van der Waals surface area contributed by atoms with Crippen LogP contribution in [0.2, 0.25) is 10.0 Å². The highest BCUT2D eigenvalue weighted by atomic mass is 35.5. The van der Waals surface area contributed by atoms with Crippen molar-refractivity contribution in [3.8, 4) is 5.75 Å². The third kappa shape index (κ3) is 6.14. The van der Waals surface area contributed by atoms with Crippen LogP contribution in [0.25, 0.3) is 0 Å². The number of amides is 2. The molecule has 0 heterocycles. The Balaban J connectivity index is 1.96. The lowest BCUT2D eigenvalue weighted by molar-refractivity contribution is -0.146. The number of ether oxygens (including phenoxy) is 2. The SMILES string of the molecule is COc1ccc(NC(C)=O)cc1NC(=O)COC(=O)Cc1c(Cl)cccc1Cl. The number of carbonyl (C=O) groups is 3. The number of halogens is 2. The zero-order valence-electron chi connectivity index (χ0n) is 15.2. The fourth-order valence-electron chi connectivity index (χ4n) is 2.32. The Bertz CT molecular complexity index is 882. The van der Waals surface area contributed by atoms with Gasteiger partial charge in [-0.05, 0) is 30.3 Å². The molecule has 2 aromatic carbocycles. The van der Waals surface area contributed by atoms with Crippen molar-refractivity contribution in [2.75, 3.05) is 24.4 Å². The number of hydrogen-bond donors (Lipinski definition) is 2. The molecular formula is C19H18Cl2N2O5. The van der Waals surface area contributed by atoms with Crippen molar-refractivity contribution in [1.29, 1.82) is 0 Å². The predicted molar refractivity (Wildman–Crippen MR) is 107 cm³/mol. The Morgan fingerprint density at radius 2 is 1.71 bits per heavy atom. The second-order valence-electron chi connectivity index (χ2n) is 5.68. The first-order valence-electron chi connectivity index (χ1n) is 8.14. The number of hydrogen-bond acceptors (Lipinski definition) is 5. The maximum Gasteiger partial charge on any atom is 0.310 e. The summed E-state index contributed by atoms with van der Waals surface area (Å²) in [4.78, 5) is 35.3. The van der Waals surface area contributed by atoms with Gasteiger partial charge >= 0.3 is 5.97 Å². The van der Waals surface area contributed by atoms with Crippen molar-refractivity contribution in [1.82, 2.24) is 0 Å². The molecule has 0 saturated heterocycles. The van der Waals surface area contributed by atoms with Crippen LogP contribution in [0, 0.1) is 0 Å². The van der Waals surface area contributed by atoms with Gasteiger partial charge < -0.3 is 20.1 Å². The number of esters is 1. The normalized spacial score (nSPS) is 10.1. The summed E-state index contributed by atoms with van der Waals surface area (Å²) in [6, 6.07) is 9.63. The van der Waals surface area contributed by atoms with Gasteiger partial charge in [0.1, 0.15) is 5.75 Å². The lowest BCUT2D eigenvalue weighted by Gasteiger charge is -2.13. The van der Waals surface area contributed by atoms with Crippen LogP contribution in [0.15, 0.2) is 36.4 Å². The third-order valence-corrected chi connectivity index (χ3v) is 4.25. The zero-order chi connectivity index (χ0) is 20.7. The predicted octanol–water partition coefficient (Wildman–Crippen LogP) is 3.68. The van der Waals surface area contributed by atoms with Gasteiger partial charge in [0, 0.05) is 28.2 Å². The molecular weight excluding hydrogens is 407 g/mol. The van der Waals surface area contributed by atoms with E-state index >= 15 is 0 Å². The van der Waals surface area contributed by atoms with E-state index in [0.717, 1.165) is 0 Å². The summed E-state index contributed by atoms with van der Waals surface area (Å²) in [5, 5.41) is 5.86. The highest BCUT2D eigenvalue weighted by Gasteiger charge is 2.15. The second-order valence-corrected chi connectivity index (χ2v) is 6.50. The van der Waals surface area contributed by atoms with E-state index in [4.69, 9.17) is 32.7 Å². The number of benzene rings is 2. The molecule has 0 aliphatic rings. The van der Waals surface area contributed by atoms with Gasteiger partial charge in [-0.3, -0.25) is 14.4 Å². The average molecular weight is 425 g/mol. The van der Waals surface area contributed by atoms with E-state index in [-0.39, 0.29) is 12.3 Å². The van der Waals surface area contributed by atoms with Crippen LogP contribution in [0.4, 0.5) is 11.4 Å². The van der Waals surface area contributed by atoms with Crippen LogP contribution in [0.1, 0.15) is 12.5 Å². The van der Waals surface area contributed by atoms with Crippen molar-refractivity contribution in [3.63, 3.8) is 0 Å². The van der Waals surface area contributed by atoms with Crippen LogP contribution in [-0.4, -0.2) is 31.5 Å². The molecule has 0 unspecified atom stereocenters. The molecule has 0 spiro atoms. The first kappa shape index (κ1) is 21.5. The number of nitrogens with one attached hydrogen (secondary N) is 2. The van der Waals surface area contributed by atoms with Crippen molar-refractivity contribution >= 4 is 52.4 Å². The standard InChI is InChI=1S/C19H18Cl2N2O5/c1-11(24)22-12-6-7-17(27-2)16(8-12)23-18(25)10-28-19(26)9-13-14(20)4-3-5-15(13)21/h3-8H,9-10H2,1-2H3,(H,22,24)(H,23,25). The molecule has 0 atom stereocenters. The molecule has 0 radical (unpaired) electrons. The molecule has 0 fully saturated rings. The molecule has 0 saturated carbocycles. The lowest BCUT2D eigenvalue weighted by atomic mass is 10.1.